The van der Waals surface area contributed by atoms with E-state index in [1.807, 2.05) is 36.4 Å². The molecular weight excluding hydrogens is 360 g/mol. The number of hydrogen-bond acceptors (Lipinski definition) is 5. The zero-order chi connectivity index (χ0) is 19.1. The largest absolute Gasteiger partial charge is 0.493 e. The third-order valence-corrected chi connectivity index (χ3v) is 4.82. The van der Waals surface area contributed by atoms with Crippen molar-refractivity contribution in [1.29, 1.82) is 0 Å². The number of hydrogen-bond donors (Lipinski definition) is 2. The van der Waals surface area contributed by atoms with Gasteiger partial charge in [-0.3, -0.25) is 4.99 Å². The van der Waals surface area contributed by atoms with E-state index in [0.29, 0.717) is 24.0 Å². The van der Waals surface area contributed by atoms with Gasteiger partial charge in [-0.05, 0) is 12.1 Å². The van der Waals surface area contributed by atoms with E-state index >= 15 is 0 Å². The standard InChI is InChI=1S/C20H22N4O2S/c1-25-17-9-8-15(12-18(17)26-2)24-20(21)22-11-10-16-13-27-19(23-16)14-6-4-3-5-7-14/h3-9,12-13H,10-11H2,1-2H3,(H3,21,22,24). The quantitative estimate of drug-likeness (QED) is 0.480. The number of ether oxygens (including phenoxy) is 2. The van der Waals surface area contributed by atoms with E-state index in [9.17, 15) is 0 Å². The molecule has 0 saturated carbocycles. The highest BCUT2D eigenvalue weighted by atomic mass is 32.1. The molecule has 3 N–H and O–H groups in total. The van der Waals surface area contributed by atoms with E-state index in [1.165, 1.54) is 0 Å². The van der Waals surface area contributed by atoms with Crippen molar-refractivity contribution in [1.82, 2.24) is 4.98 Å². The van der Waals surface area contributed by atoms with Crippen LogP contribution in [0.1, 0.15) is 5.69 Å². The van der Waals surface area contributed by atoms with Crippen molar-refractivity contribution in [3.63, 3.8) is 0 Å². The summed E-state index contributed by atoms with van der Waals surface area (Å²) in [6.45, 7) is 0.560. The SMILES string of the molecule is COc1ccc(NC(N)=NCCc2csc(-c3ccccc3)n2)cc1OC. The summed E-state index contributed by atoms with van der Waals surface area (Å²) in [5.41, 5.74) is 8.91. The van der Waals surface area contributed by atoms with Crippen LogP contribution in [0.15, 0.2) is 58.9 Å². The van der Waals surface area contributed by atoms with Crippen molar-refractivity contribution in [3.05, 3.63) is 59.6 Å². The van der Waals surface area contributed by atoms with Crippen molar-refractivity contribution in [3.8, 4) is 22.1 Å². The minimum atomic E-state index is 0.348. The normalized spacial score (nSPS) is 11.3. The number of guanidine groups is 1. The molecule has 0 radical (unpaired) electrons. The lowest BCUT2D eigenvalue weighted by atomic mass is 10.2. The van der Waals surface area contributed by atoms with Crippen molar-refractivity contribution in [2.24, 2.45) is 10.7 Å². The number of nitrogens with zero attached hydrogens (tertiary/aromatic N) is 2. The Bertz CT molecular complexity index is 909. The van der Waals surface area contributed by atoms with Crippen LogP contribution in [0, 0.1) is 0 Å². The Balaban J connectivity index is 1.56. The van der Waals surface area contributed by atoms with E-state index in [0.717, 1.165) is 28.4 Å². The van der Waals surface area contributed by atoms with Gasteiger partial charge in [-0.2, -0.15) is 0 Å². The average molecular weight is 382 g/mol. The van der Waals surface area contributed by atoms with E-state index in [4.69, 9.17) is 15.2 Å². The van der Waals surface area contributed by atoms with E-state index in [-0.39, 0.29) is 0 Å². The summed E-state index contributed by atoms with van der Waals surface area (Å²) < 4.78 is 10.5. The van der Waals surface area contributed by atoms with Gasteiger partial charge in [0.1, 0.15) is 5.01 Å². The van der Waals surface area contributed by atoms with Gasteiger partial charge < -0.3 is 20.5 Å². The van der Waals surface area contributed by atoms with Crippen LogP contribution in [0.3, 0.4) is 0 Å². The molecule has 0 aliphatic rings. The summed E-state index contributed by atoms with van der Waals surface area (Å²) in [5.74, 6) is 1.64. The molecule has 3 aromatic rings. The summed E-state index contributed by atoms with van der Waals surface area (Å²) in [5, 5.41) is 6.14. The lowest BCUT2D eigenvalue weighted by Gasteiger charge is -2.10. The topological polar surface area (TPSA) is 81.8 Å². The molecule has 0 atom stereocenters. The van der Waals surface area contributed by atoms with Gasteiger partial charge in [0.2, 0.25) is 0 Å². The summed E-state index contributed by atoms with van der Waals surface area (Å²) in [6.07, 6.45) is 0.734. The second kappa shape index (κ2) is 9.05. The highest BCUT2D eigenvalue weighted by molar-refractivity contribution is 7.13. The highest BCUT2D eigenvalue weighted by Crippen LogP contribution is 2.29. The first-order valence-electron chi connectivity index (χ1n) is 8.48. The van der Waals surface area contributed by atoms with Crippen LogP contribution in [-0.4, -0.2) is 31.7 Å². The van der Waals surface area contributed by atoms with E-state index < -0.39 is 0 Å². The highest BCUT2D eigenvalue weighted by Gasteiger charge is 2.06. The Kier molecular flexibility index (Phi) is 6.27. The molecule has 140 valence electrons. The third-order valence-electron chi connectivity index (χ3n) is 3.88. The van der Waals surface area contributed by atoms with Crippen LogP contribution in [-0.2, 0) is 6.42 Å². The number of nitrogens with one attached hydrogen (secondary N) is 1. The molecule has 3 rings (SSSR count). The van der Waals surface area contributed by atoms with Gasteiger partial charge in [0, 0.05) is 35.7 Å². The first kappa shape index (κ1) is 18.7. The fourth-order valence-corrected chi connectivity index (χ4v) is 3.39. The summed E-state index contributed by atoms with van der Waals surface area (Å²) >= 11 is 1.64. The molecule has 6 nitrogen and oxygen atoms in total. The van der Waals surface area contributed by atoms with E-state index in [1.54, 1.807) is 25.6 Å². The van der Waals surface area contributed by atoms with Crippen LogP contribution in [0.5, 0.6) is 11.5 Å². The lowest BCUT2D eigenvalue weighted by molar-refractivity contribution is 0.355. The zero-order valence-corrected chi connectivity index (χ0v) is 16.1. The Morgan fingerprint density at radius 2 is 1.89 bits per heavy atom. The second-order valence-corrected chi connectivity index (χ2v) is 6.58. The molecule has 27 heavy (non-hydrogen) atoms. The van der Waals surface area contributed by atoms with Crippen LogP contribution in [0.2, 0.25) is 0 Å². The third kappa shape index (κ3) is 4.98. The zero-order valence-electron chi connectivity index (χ0n) is 15.3. The second-order valence-electron chi connectivity index (χ2n) is 5.72. The van der Waals surface area contributed by atoms with Gasteiger partial charge in [0.25, 0.3) is 0 Å². The molecule has 7 heteroatoms. The molecule has 0 saturated heterocycles. The molecule has 1 aromatic heterocycles. The van der Waals surface area contributed by atoms with Crippen molar-refractivity contribution >= 4 is 23.0 Å². The van der Waals surface area contributed by atoms with Crippen LogP contribution >= 0.6 is 11.3 Å². The van der Waals surface area contributed by atoms with Gasteiger partial charge in [0.05, 0.1) is 19.9 Å². The van der Waals surface area contributed by atoms with Gasteiger partial charge in [-0.1, -0.05) is 30.3 Å². The first-order valence-corrected chi connectivity index (χ1v) is 9.36. The van der Waals surface area contributed by atoms with Gasteiger partial charge in [-0.15, -0.1) is 11.3 Å². The monoisotopic (exact) mass is 382 g/mol. The Labute approximate surface area is 162 Å². The number of anilines is 1. The Hall–Kier alpha value is -3.06. The predicted octanol–water partition coefficient (Wildman–Crippen LogP) is 3.80. The smallest absolute Gasteiger partial charge is 0.193 e. The minimum Gasteiger partial charge on any atom is -0.493 e. The number of benzene rings is 2. The van der Waals surface area contributed by atoms with Crippen molar-refractivity contribution in [2.75, 3.05) is 26.1 Å². The molecule has 0 spiro atoms. The number of thiazole rings is 1. The molecule has 0 aliphatic carbocycles. The van der Waals surface area contributed by atoms with E-state index in [2.05, 4.69) is 32.8 Å². The van der Waals surface area contributed by atoms with Gasteiger partial charge >= 0.3 is 0 Å². The van der Waals surface area contributed by atoms with Crippen LogP contribution in [0.4, 0.5) is 5.69 Å². The average Bonchev–Trinajstić information content (AvgIpc) is 3.17. The van der Waals surface area contributed by atoms with Crippen molar-refractivity contribution < 1.29 is 9.47 Å². The first-order chi connectivity index (χ1) is 13.2. The maximum atomic E-state index is 5.98. The number of aliphatic imine (C=N–C) groups is 1. The number of aromatic nitrogens is 1. The number of nitrogens with two attached hydrogens (primary N) is 1. The fourth-order valence-electron chi connectivity index (χ4n) is 2.53. The number of rotatable bonds is 7. The molecule has 0 fully saturated rings. The van der Waals surface area contributed by atoms with Gasteiger partial charge in [-0.25, -0.2) is 4.98 Å². The lowest BCUT2D eigenvalue weighted by Crippen LogP contribution is -2.23. The molecule has 1 heterocycles. The predicted molar refractivity (Wildman–Crippen MR) is 111 cm³/mol. The molecular formula is C20H22N4O2S. The molecule has 0 bridgehead atoms. The van der Waals surface area contributed by atoms with Gasteiger partial charge in [0.15, 0.2) is 17.5 Å². The Morgan fingerprint density at radius 1 is 1.11 bits per heavy atom. The molecule has 0 aliphatic heterocycles. The summed E-state index contributed by atoms with van der Waals surface area (Å²) in [6, 6.07) is 15.6. The number of methoxy groups -OCH3 is 2. The summed E-state index contributed by atoms with van der Waals surface area (Å²) in [7, 11) is 3.19. The maximum Gasteiger partial charge on any atom is 0.193 e. The fraction of sp³-hybridized carbons (Fsp3) is 0.200. The molecule has 0 unspecified atom stereocenters. The molecule has 2 aromatic carbocycles. The molecule has 0 amide bonds. The summed E-state index contributed by atoms with van der Waals surface area (Å²) in [4.78, 5) is 9.03. The Morgan fingerprint density at radius 3 is 2.63 bits per heavy atom. The van der Waals surface area contributed by atoms with Crippen LogP contribution < -0.4 is 20.5 Å². The maximum absolute atomic E-state index is 5.98. The van der Waals surface area contributed by atoms with Crippen LogP contribution in [0.25, 0.3) is 10.6 Å². The van der Waals surface area contributed by atoms with Crippen molar-refractivity contribution in [2.45, 2.75) is 6.42 Å². The minimum absolute atomic E-state index is 0.348.